The van der Waals surface area contributed by atoms with Crippen LogP contribution in [0.1, 0.15) is 24.3 Å². The summed E-state index contributed by atoms with van der Waals surface area (Å²) in [5, 5.41) is 3.45. The summed E-state index contributed by atoms with van der Waals surface area (Å²) in [6, 6.07) is 0. The first-order chi connectivity index (χ1) is 7.75. The van der Waals surface area contributed by atoms with Gasteiger partial charge in [-0.05, 0) is 54.8 Å². The average molecular weight is 285 g/mol. The fourth-order valence-electron chi connectivity index (χ4n) is 2.96. The lowest BCUT2D eigenvalue weighted by atomic mass is 9.82. The molecule has 1 fully saturated rings. The van der Waals surface area contributed by atoms with E-state index in [4.69, 9.17) is 4.42 Å². The van der Waals surface area contributed by atoms with Crippen LogP contribution in [0.25, 0.3) is 0 Å². The standard InChI is InChI=1S/C12H17BrN2O/c1-15-4-2-8(3-5-15)9-6-14-11-10(9)7-16-12(11)13/h7-9,14H,2-6H2,1H3. The number of nitrogens with zero attached hydrogens (tertiary/aromatic N) is 1. The van der Waals surface area contributed by atoms with Crippen molar-refractivity contribution in [2.24, 2.45) is 5.92 Å². The molecule has 0 aromatic carbocycles. The zero-order valence-electron chi connectivity index (χ0n) is 9.50. The molecule has 3 nitrogen and oxygen atoms in total. The van der Waals surface area contributed by atoms with Crippen molar-refractivity contribution in [2.45, 2.75) is 18.8 Å². The number of anilines is 1. The molecule has 0 radical (unpaired) electrons. The summed E-state index contributed by atoms with van der Waals surface area (Å²) in [6.45, 7) is 3.54. The zero-order valence-corrected chi connectivity index (χ0v) is 11.1. The van der Waals surface area contributed by atoms with Gasteiger partial charge in [-0.2, -0.15) is 0 Å². The third-order valence-corrected chi connectivity index (χ3v) is 4.59. The van der Waals surface area contributed by atoms with Gasteiger partial charge in [0.05, 0.1) is 12.0 Å². The van der Waals surface area contributed by atoms with E-state index in [-0.39, 0.29) is 0 Å². The highest BCUT2D eigenvalue weighted by Gasteiger charge is 2.34. The highest BCUT2D eigenvalue weighted by atomic mass is 79.9. The molecule has 2 aliphatic rings. The second-order valence-electron chi connectivity index (χ2n) is 4.97. The topological polar surface area (TPSA) is 28.4 Å². The minimum Gasteiger partial charge on any atom is -0.455 e. The van der Waals surface area contributed by atoms with Gasteiger partial charge in [-0.1, -0.05) is 0 Å². The summed E-state index contributed by atoms with van der Waals surface area (Å²) >= 11 is 3.44. The maximum absolute atomic E-state index is 5.42. The Morgan fingerprint density at radius 1 is 1.44 bits per heavy atom. The molecule has 3 heterocycles. The van der Waals surface area contributed by atoms with Crippen LogP contribution in [0.2, 0.25) is 0 Å². The normalized spacial score (nSPS) is 26.8. The first kappa shape index (κ1) is 10.7. The molecule has 0 aliphatic carbocycles. The Morgan fingerprint density at radius 2 is 2.19 bits per heavy atom. The number of hydrogen-bond donors (Lipinski definition) is 1. The summed E-state index contributed by atoms with van der Waals surface area (Å²) in [6.07, 6.45) is 4.54. The van der Waals surface area contributed by atoms with Crippen LogP contribution in [-0.2, 0) is 0 Å². The van der Waals surface area contributed by atoms with Gasteiger partial charge < -0.3 is 14.6 Å². The summed E-state index contributed by atoms with van der Waals surface area (Å²) in [5.41, 5.74) is 2.56. The number of nitrogens with one attached hydrogen (secondary N) is 1. The van der Waals surface area contributed by atoms with Crippen molar-refractivity contribution < 1.29 is 4.42 Å². The monoisotopic (exact) mass is 284 g/mol. The van der Waals surface area contributed by atoms with Gasteiger partial charge >= 0.3 is 0 Å². The van der Waals surface area contributed by atoms with Gasteiger partial charge in [0.2, 0.25) is 0 Å². The third-order valence-electron chi connectivity index (χ3n) is 4.01. The molecule has 1 unspecified atom stereocenters. The Labute approximate surface area is 104 Å². The van der Waals surface area contributed by atoms with Gasteiger partial charge in [0, 0.05) is 18.0 Å². The molecule has 1 saturated heterocycles. The molecule has 16 heavy (non-hydrogen) atoms. The molecule has 1 N–H and O–H groups in total. The first-order valence-electron chi connectivity index (χ1n) is 5.95. The van der Waals surface area contributed by atoms with Crippen molar-refractivity contribution in [1.82, 2.24) is 4.90 Å². The molecule has 2 aliphatic heterocycles. The van der Waals surface area contributed by atoms with E-state index in [1.165, 1.54) is 37.2 Å². The van der Waals surface area contributed by atoms with E-state index >= 15 is 0 Å². The van der Waals surface area contributed by atoms with E-state index in [0.29, 0.717) is 5.92 Å². The van der Waals surface area contributed by atoms with Crippen LogP contribution >= 0.6 is 15.9 Å². The van der Waals surface area contributed by atoms with Crippen LogP contribution in [0.15, 0.2) is 15.3 Å². The summed E-state index contributed by atoms with van der Waals surface area (Å²) < 4.78 is 6.28. The fourth-order valence-corrected chi connectivity index (χ4v) is 3.43. The summed E-state index contributed by atoms with van der Waals surface area (Å²) in [7, 11) is 2.21. The molecule has 1 aromatic heterocycles. The molecule has 0 saturated carbocycles. The number of piperidine rings is 1. The molecule has 0 spiro atoms. The van der Waals surface area contributed by atoms with Crippen LogP contribution in [0.4, 0.5) is 5.69 Å². The molecule has 3 rings (SSSR count). The Morgan fingerprint density at radius 3 is 2.94 bits per heavy atom. The summed E-state index contributed by atoms with van der Waals surface area (Å²) in [5.74, 6) is 1.47. The Hall–Kier alpha value is -0.480. The highest BCUT2D eigenvalue weighted by molar-refractivity contribution is 9.10. The number of hydrogen-bond acceptors (Lipinski definition) is 3. The van der Waals surface area contributed by atoms with Gasteiger partial charge in [-0.15, -0.1) is 0 Å². The van der Waals surface area contributed by atoms with Crippen LogP contribution in [0.3, 0.4) is 0 Å². The number of likely N-dealkylation sites (tertiary alicyclic amines) is 1. The quantitative estimate of drug-likeness (QED) is 0.860. The highest BCUT2D eigenvalue weighted by Crippen LogP contribution is 2.44. The maximum Gasteiger partial charge on any atom is 0.192 e. The molecular formula is C12H17BrN2O. The summed E-state index contributed by atoms with van der Waals surface area (Å²) in [4.78, 5) is 2.42. The van der Waals surface area contributed by atoms with E-state index in [0.717, 1.165) is 17.1 Å². The molecule has 1 atom stereocenters. The zero-order chi connectivity index (χ0) is 11.1. The lowest BCUT2D eigenvalue weighted by Gasteiger charge is -2.32. The number of fused-ring (bicyclic) bond motifs is 1. The smallest absolute Gasteiger partial charge is 0.192 e. The van der Waals surface area contributed by atoms with Crippen molar-refractivity contribution in [3.63, 3.8) is 0 Å². The van der Waals surface area contributed by atoms with Crippen molar-refractivity contribution >= 4 is 21.6 Å². The Balaban J connectivity index is 1.77. The van der Waals surface area contributed by atoms with Crippen molar-refractivity contribution in [3.8, 4) is 0 Å². The van der Waals surface area contributed by atoms with E-state index < -0.39 is 0 Å². The Kier molecular flexibility index (Phi) is 2.72. The number of rotatable bonds is 1. The lowest BCUT2D eigenvalue weighted by Crippen LogP contribution is -2.33. The number of furan rings is 1. The van der Waals surface area contributed by atoms with Crippen LogP contribution in [0.5, 0.6) is 0 Å². The molecular weight excluding hydrogens is 268 g/mol. The van der Waals surface area contributed by atoms with Crippen LogP contribution in [0, 0.1) is 5.92 Å². The van der Waals surface area contributed by atoms with Crippen LogP contribution in [-0.4, -0.2) is 31.6 Å². The minimum atomic E-state index is 0.652. The molecule has 0 amide bonds. The minimum absolute atomic E-state index is 0.652. The second-order valence-corrected chi connectivity index (χ2v) is 5.69. The van der Waals surface area contributed by atoms with E-state index in [2.05, 4.69) is 33.2 Å². The first-order valence-corrected chi connectivity index (χ1v) is 6.74. The third kappa shape index (κ3) is 1.68. The largest absolute Gasteiger partial charge is 0.455 e. The maximum atomic E-state index is 5.42. The van der Waals surface area contributed by atoms with E-state index in [1.807, 2.05) is 6.26 Å². The van der Waals surface area contributed by atoms with Gasteiger partial charge in [0.1, 0.15) is 0 Å². The van der Waals surface area contributed by atoms with Gasteiger partial charge in [-0.25, -0.2) is 0 Å². The van der Waals surface area contributed by atoms with Crippen molar-refractivity contribution in [3.05, 3.63) is 16.5 Å². The molecule has 0 bridgehead atoms. The predicted molar refractivity (Wildman–Crippen MR) is 67.9 cm³/mol. The van der Waals surface area contributed by atoms with Crippen LogP contribution < -0.4 is 5.32 Å². The molecule has 88 valence electrons. The number of halogens is 1. The van der Waals surface area contributed by atoms with Gasteiger partial charge in [0.25, 0.3) is 0 Å². The van der Waals surface area contributed by atoms with E-state index in [1.54, 1.807) is 0 Å². The van der Waals surface area contributed by atoms with Crippen molar-refractivity contribution in [2.75, 3.05) is 32.0 Å². The van der Waals surface area contributed by atoms with Crippen molar-refractivity contribution in [1.29, 1.82) is 0 Å². The van der Waals surface area contributed by atoms with Gasteiger partial charge in [-0.3, -0.25) is 0 Å². The lowest BCUT2D eigenvalue weighted by molar-refractivity contribution is 0.202. The SMILES string of the molecule is CN1CCC(C2CNc3c2coc3Br)CC1. The Bertz CT molecular complexity index is 382. The van der Waals surface area contributed by atoms with E-state index in [9.17, 15) is 0 Å². The second kappa shape index (κ2) is 4.08. The average Bonchev–Trinajstić information content (AvgIpc) is 2.84. The predicted octanol–water partition coefficient (Wildman–Crippen LogP) is 2.89. The van der Waals surface area contributed by atoms with Gasteiger partial charge in [0.15, 0.2) is 4.67 Å². The molecule has 1 aromatic rings. The molecule has 4 heteroatoms. The fraction of sp³-hybridized carbons (Fsp3) is 0.667.